The Hall–Kier alpha value is -2.54. The van der Waals surface area contributed by atoms with Crippen molar-refractivity contribution < 1.29 is 4.79 Å². The topological polar surface area (TPSA) is 72.7 Å². The number of hydrogen-bond acceptors (Lipinski definition) is 5. The third-order valence-electron chi connectivity index (χ3n) is 3.63. The smallest absolute Gasteiger partial charge is 0.226 e. The Morgan fingerprint density at radius 3 is 2.88 bits per heavy atom. The summed E-state index contributed by atoms with van der Waals surface area (Å²) in [4.78, 5) is 16.3. The zero-order chi connectivity index (χ0) is 16.8. The molecule has 7 heteroatoms. The molecule has 24 heavy (non-hydrogen) atoms. The fraction of sp³-hybridized carbons (Fsp3) is 0.294. The van der Waals surface area contributed by atoms with Crippen LogP contribution in [0, 0.1) is 6.92 Å². The first kappa shape index (κ1) is 16.3. The number of amides is 1. The van der Waals surface area contributed by atoms with Gasteiger partial charge in [0.2, 0.25) is 5.91 Å². The number of carbonyl (C=O) groups excluding carboxylic acids is 1. The fourth-order valence-corrected chi connectivity index (χ4v) is 3.00. The van der Waals surface area contributed by atoms with Crippen molar-refractivity contribution in [3.8, 4) is 0 Å². The minimum absolute atomic E-state index is 0.0575. The van der Waals surface area contributed by atoms with Crippen LogP contribution in [0.5, 0.6) is 0 Å². The summed E-state index contributed by atoms with van der Waals surface area (Å²) in [5.41, 5.74) is 2.07. The molecule has 0 atom stereocenters. The van der Waals surface area contributed by atoms with Gasteiger partial charge in [-0.1, -0.05) is 30.3 Å². The lowest BCUT2D eigenvalue weighted by Crippen LogP contribution is -2.26. The van der Waals surface area contributed by atoms with Gasteiger partial charge in [0.1, 0.15) is 6.33 Å². The highest BCUT2D eigenvalue weighted by Gasteiger charge is 2.09. The monoisotopic (exact) mass is 341 g/mol. The summed E-state index contributed by atoms with van der Waals surface area (Å²) >= 11 is 1.55. The minimum atomic E-state index is -0.0575. The van der Waals surface area contributed by atoms with E-state index in [0.717, 1.165) is 29.5 Å². The molecule has 0 radical (unpaired) electrons. The summed E-state index contributed by atoms with van der Waals surface area (Å²) < 4.78 is 1.97. The van der Waals surface area contributed by atoms with E-state index in [4.69, 9.17) is 0 Å². The van der Waals surface area contributed by atoms with Crippen molar-refractivity contribution in [2.24, 2.45) is 0 Å². The van der Waals surface area contributed by atoms with E-state index in [9.17, 15) is 4.79 Å². The molecule has 3 aromatic rings. The third-order valence-corrected chi connectivity index (χ3v) is 4.45. The molecule has 0 aliphatic rings. The molecule has 1 aromatic carbocycles. The summed E-state index contributed by atoms with van der Waals surface area (Å²) in [5.74, 6) is 0.701. The molecule has 1 N–H and O–H groups in total. The average Bonchev–Trinajstić information content (AvgIpc) is 3.20. The molecule has 0 fully saturated rings. The molecule has 0 spiro atoms. The summed E-state index contributed by atoms with van der Waals surface area (Å²) in [6.07, 6.45) is 2.90. The first-order valence-corrected chi connectivity index (χ1v) is 8.67. The Kier molecular flexibility index (Phi) is 5.32. The number of aromatic nitrogens is 4. The van der Waals surface area contributed by atoms with Gasteiger partial charge in [-0.3, -0.25) is 4.79 Å². The van der Waals surface area contributed by atoms with Crippen LogP contribution < -0.4 is 5.32 Å². The maximum atomic E-state index is 12.0. The molecule has 0 unspecified atom stereocenters. The molecule has 0 saturated carbocycles. The van der Waals surface area contributed by atoms with Gasteiger partial charge in [0.15, 0.2) is 5.82 Å². The second kappa shape index (κ2) is 7.83. The number of thiazole rings is 1. The molecule has 2 aromatic heterocycles. The van der Waals surface area contributed by atoms with Gasteiger partial charge in [-0.25, -0.2) is 4.98 Å². The van der Waals surface area contributed by atoms with Gasteiger partial charge in [-0.05, 0) is 18.9 Å². The van der Waals surface area contributed by atoms with Crippen LogP contribution >= 0.6 is 11.3 Å². The molecule has 6 nitrogen and oxygen atoms in total. The van der Waals surface area contributed by atoms with Gasteiger partial charge in [-0.2, -0.15) is 0 Å². The number of nitrogens with one attached hydrogen (secondary N) is 1. The highest BCUT2D eigenvalue weighted by Crippen LogP contribution is 2.08. The standard InChI is InChI=1S/C17H19N5OS/c1-13-20-15(11-24-13)9-17(23)18-10-16-21-19-12-22(16)8-7-14-5-3-2-4-6-14/h2-6,11-12H,7-10H2,1H3,(H,18,23). The largest absolute Gasteiger partial charge is 0.348 e. The van der Waals surface area contributed by atoms with Crippen LogP contribution in [0.1, 0.15) is 22.1 Å². The molecule has 3 rings (SSSR count). The van der Waals surface area contributed by atoms with Crippen molar-refractivity contribution in [3.05, 3.63) is 64.1 Å². The highest BCUT2D eigenvalue weighted by molar-refractivity contribution is 7.09. The Morgan fingerprint density at radius 2 is 2.12 bits per heavy atom. The normalized spacial score (nSPS) is 10.7. The molecule has 0 bridgehead atoms. The van der Waals surface area contributed by atoms with Gasteiger partial charge >= 0.3 is 0 Å². The molecule has 0 aliphatic heterocycles. The lowest BCUT2D eigenvalue weighted by atomic mass is 10.1. The zero-order valence-corrected chi connectivity index (χ0v) is 14.3. The summed E-state index contributed by atoms with van der Waals surface area (Å²) in [7, 11) is 0. The molecule has 2 heterocycles. The Balaban J connectivity index is 1.50. The average molecular weight is 341 g/mol. The molecule has 124 valence electrons. The Bertz CT molecular complexity index is 796. The molecule has 0 saturated heterocycles. The van der Waals surface area contributed by atoms with E-state index < -0.39 is 0 Å². The molecule has 1 amide bonds. The van der Waals surface area contributed by atoms with Crippen LogP contribution in [0.3, 0.4) is 0 Å². The van der Waals surface area contributed by atoms with Gasteiger partial charge in [0.05, 0.1) is 23.7 Å². The number of carbonyl (C=O) groups is 1. The van der Waals surface area contributed by atoms with Crippen molar-refractivity contribution in [1.82, 2.24) is 25.1 Å². The summed E-state index contributed by atoms with van der Waals surface area (Å²) in [5, 5.41) is 13.8. The van der Waals surface area contributed by atoms with E-state index in [1.165, 1.54) is 5.56 Å². The van der Waals surface area contributed by atoms with E-state index in [1.807, 2.05) is 35.1 Å². The SMILES string of the molecule is Cc1nc(CC(=O)NCc2nncn2CCc2ccccc2)cs1. The van der Waals surface area contributed by atoms with Gasteiger partial charge in [-0.15, -0.1) is 21.5 Å². The number of nitrogens with zero attached hydrogens (tertiary/aromatic N) is 4. The van der Waals surface area contributed by atoms with Crippen molar-refractivity contribution in [2.45, 2.75) is 32.9 Å². The van der Waals surface area contributed by atoms with E-state index in [2.05, 4.69) is 32.6 Å². The first-order chi connectivity index (χ1) is 11.7. The first-order valence-electron chi connectivity index (χ1n) is 7.79. The van der Waals surface area contributed by atoms with Gasteiger partial charge in [0.25, 0.3) is 0 Å². The number of benzene rings is 1. The van der Waals surface area contributed by atoms with E-state index in [0.29, 0.717) is 13.0 Å². The maximum Gasteiger partial charge on any atom is 0.226 e. The quantitative estimate of drug-likeness (QED) is 0.715. The van der Waals surface area contributed by atoms with Crippen LogP contribution in [-0.4, -0.2) is 25.7 Å². The summed E-state index contributed by atoms with van der Waals surface area (Å²) in [6, 6.07) is 10.3. The van der Waals surface area contributed by atoms with E-state index in [1.54, 1.807) is 17.7 Å². The van der Waals surface area contributed by atoms with Crippen molar-refractivity contribution in [2.75, 3.05) is 0 Å². The molecule has 0 aliphatic carbocycles. The maximum absolute atomic E-state index is 12.0. The van der Waals surface area contributed by atoms with Crippen molar-refractivity contribution in [3.63, 3.8) is 0 Å². The number of aryl methyl sites for hydroxylation is 3. The fourth-order valence-electron chi connectivity index (χ4n) is 2.39. The van der Waals surface area contributed by atoms with Crippen molar-refractivity contribution in [1.29, 1.82) is 0 Å². The van der Waals surface area contributed by atoms with Crippen LogP contribution in [0.2, 0.25) is 0 Å². The van der Waals surface area contributed by atoms with Gasteiger partial charge < -0.3 is 9.88 Å². The second-order valence-electron chi connectivity index (χ2n) is 5.49. The van der Waals surface area contributed by atoms with Crippen molar-refractivity contribution >= 4 is 17.2 Å². The van der Waals surface area contributed by atoms with E-state index in [-0.39, 0.29) is 5.91 Å². The van der Waals surface area contributed by atoms with E-state index >= 15 is 0 Å². The Labute approximate surface area is 144 Å². The van der Waals surface area contributed by atoms with Crippen LogP contribution in [0.25, 0.3) is 0 Å². The Morgan fingerprint density at radius 1 is 1.29 bits per heavy atom. The van der Waals surface area contributed by atoms with Crippen LogP contribution in [0.15, 0.2) is 42.0 Å². The lowest BCUT2D eigenvalue weighted by Gasteiger charge is -2.08. The molecular weight excluding hydrogens is 322 g/mol. The predicted molar refractivity (Wildman–Crippen MR) is 92.6 cm³/mol. The number of hydrogen-bond donors (Lipinski definition) is 1. The second-order valence-corrected chi connectivity index (χ2v) is 6.55. The third kappa shape index (κ3) is 4.48. The van der Waals surface area contributed by atoms with Crippen LogP contribution in [-0.2, 0) is 30.7 Å². The number of rotatable bonds is 7. The highest BCUT2D eigenvalue weighted by atomic mass is 32.1. The minimum Gasteiger partial charge on any atom is -0.348 e. The van der Waals surface area contributed by atoms with Crippen LogP contribution in [0.4, 0.5) is 0 Å². The van der Waals surface area contributed by atoms with Gasteiger partial charge in [0, 0.05) is 11.9 Å². The molecular formula is C17H19N5OS. The zero-order valence-electron chi connectivity index (χ0n) is 13.5. The lowest BCUT2D eigenvalue weighted by molar-refractivity contribution is -0.120. The summed E-state index contributed by atoms with van der Waals surface area (Å²) in [6.45, 7) is 3.09. The predicted octanol–water partition coefficient (Wildman–Crippen LogP) is 2.14.